The van der Waals surface area contributed by atoms with E-state index in [2.05, 4.69) is 27.8 Å². The van der Waals surface area contributed by atoms with Crippen LogP contribution in [0.5, 0.6) is 0 Å². The second kappa shape index (κ2) is 9.56. The van der Waals surface area contributed by atoms with E-state index in [1.54, 1.807) is 6.07 Å². The van der Waals surface area contributed by atoms with Gasteiger partial charge in [0.2, 0.25) is 0 Å². The van der Waals surface area contributed by atoms with Crippen LogP contribution in [0.3, 0.4) is 0 Å². The Labute approximate surface area is 168 Å². The Morgan fingerprint density at radius 2 is 2.04 bits per heavy atom. The summed E-state index contributed by atoms with van der Waals surface area (Å²) in [4.78, 5) is 16.5. The minimum Gasteiger partial charge on any atom is -0.332 e. The molecule has 0 radical (unpaired) electrons. The molecule has 0 N–H and O–H groups in total. The van der Waals surface area contributed by atoms with Crippen molar-refractivity contribution in [3.63, 3.8) is 0 Å². The molecule has 1 atom stereocenters. The lowest BCUT2D eigenvalue weighted by Crippen LogP contribution is -2.36. The van der Waals surface area contributed by atoms with Crippen LogP contribution >= 0.6 is 27.7 Å². The molecule has 0 aromatic heterocycles. The molecule has 0 aliphatic carbocycles. The largest absolute Gasteiger partial charge is 0.332 e. The van der Waals surface area contributed by atoms with E-state index in [4.69, 9.17) is 0 Å². The number of thioether (sulfide) groups is 1. The fraction of sp³-hybridized carbons (Fsp3) is 0.650. The molecular weight excluding hydrogens is 415 g/mol. The lowest BCUT2D eigenvalue weighted by Gasteiger charge is -2.32. The molecule has 2 aliphatic heterocycles. The molecule has 144 valence electrons. The molecule has 0 spiro atoms. The van der Waals surface area contributed by atoms with Gasteiger partial charge in [0.15, 0.2) is 0 Å². The molecule has 2 aliphatic rings. The van der Waals surface area contributed by atoms with Gasteiger partial charge in [-0.1, -0.05) is 34.6 Å². The summed E-state index contributed by atoms with van der Waals surface area (Å²) in [5, 5.41) is 0.714. The Kier molecular flexibility index (Phi) is 7.41. The van der Waals surface area contributed by atoms with Crippen molar-refractivity contribution in [2.24, 2.45) is 5.92 Å². The first-order valence-corrected chi connectivity index (χ1v) is 11.3. The van der Waals surface area contributed by atoms with E-state index in [-0.39, 0.29) is 11.1 Å². The number of carbonyl (C=O) groups is 1. The third-order valence-electron chi connectivity index (χ3n) is 5.43. The van der Waals surface area contributed by atoms with Crippen LogP contribution in [0, 0.1) is 11.7 Å². The molecular formula is C20H28BrFN2OS. The SMILES string of the molecule is CCCN1CC(CCN2CCC(Cc3cc(F)ccc3Br)CC2)SC1=O. The minimum absolute atomic E-state index is 0.152. The summed E-state index contributed by atoms with van der Waals surface area (Å²) >= 11 is 5.07. The van der Waals surface area contributed by atoms with Crippen molar-refractivity contribution in [2.75, 3.05) is 32.7 Å². The highest BCUT2D eigenvalue weighted by atomic mass is 79.9. The fourth-order valence-corrected chi connectivity index (χ4v) is 5.42. The molecule has 0 bridgehead atoms. The quantitative estimate of drug-likeness (QED) is 0.580. The molecule has 2 heterocycles. The average molecular weight is 443 g/mol. The van der Waals surface area contributed by atoms with Gasteiger partial charge in [-0.2, -0.15) is 0 Å². The summed E-state index contributed by atoms with van der Waals surface area (Å²) in [5.74, 6) is 0.480. The van der Waals surface area contributed by atoms with Gasteiger partial charge in [0.05, 0.1) is 0 Å². The van der Waals surface area contributed by atoms with Gasteiger partial charge in [0, 0.05) is 22.8 Å². The normalized spacial score (nSPS) is 22.3. The van der Waals surface area contributed by atoms with Gasteiger partial charge >= 0.3 is 0 Å². The first kappa shape index (κ1) is 20.2. The summed E-state index contributed by atoms with van der Waals surface area (Å²) in [7, 11) is 0. The van der Waals surface area contributed by atoms with Crippen LogP contribution in [0.2, 0.25) is 0 Å². The maximum absolute atomic E-state index is 13.5. The summed E-state index contributed by atoms with van der Waals surface area (Å²) in [6.07, 6.45) is 5.42. The summed E-state index contributed by atoms with van der Waals surface area (Å²) in [5.41, 5.74) is 1.08. The zero-order valence-electron chi connectivity index (χ0n) is 15.4. The van der Waals surface area contributed by atoms with Gasteiger partial charge in [-0.05, 0) is 81.4 Å². The van der Waals surface area contributed by atoms with Gasteiger partial charge in [-0.15, -0.1) is 0 Å². The molecule has 6 heteroatoms. The van der Waals surface area contributed by atoms with Crippen molar-refractivity contribution in [1.82, 2.24) is 9.80 Å². The molecule has 3 nitrogen and oxygen atoms in total. The molecule has 2 fully saturated rings. The van der Waals surface area contributed by atoms with E-state index < -0.39 is 0 Å². The van der Waals surface area contributed by atoms with Gasteiger partial charge in [0.25, 0.3) is 5.24 Å². The highest BCUT2D eigenvalue weighted by molar-refractivity contribution is 9.10. The van der Waals surface area contributed by atoms with Crippen LogP contribution in [0.1, 0.15) is 38.2 Å². The Morgan fingerprint density at radius 3 is 2.77 bits per heavy atom. The maximum atomic E-state index is 13.5. The predicted octanol–water partition coefficient (Wildman–Crippen LogP) is 5.18. The third-order valence-corrected chi connectivity index (χ3v) is 7.39. The molecule has 0 saturated carbocycles. The van der Waals surface area contributed by atoms with Crippen LogP contribution in [0.25, 0.3) is 0 Å². The molecule has 2 saturated heterocycles. The van der Waals surface area contributed by atoms with E-state index in [1.807, 2.05) is 11.0 Å². The van der Waals surface area contributed by atoms with Gasteiger partial charge in [-0.3, -0.25) is 4.79 Å². The first-order chi connectivity index (χ1) is 12.5. The van der Waals surface area contributed by atoms with Crippen molar-refractivity contribution in [1.29, 1.82) is 0 Å². The number of piperidine rings is 1. The average Bonchev–Trinajstić information content (AvgIpc) is 2.98. The summed E-state index contributed by atoms with van der Waals surface area (Å²) < 4.78 is 14.5. The predicted molar refractivity (Wildman–Crippen MR) is 110 cm³/mol. The van der Waals surface area contributed by atoms with Crippen molar-refractivity contribution >= 4 is 32.9 Å². The van der Waals surface area contributed by atoms with Crippen molar-refractivity contribution < 1.29 is 9.18 Å². The minimum atomic E-state index is -0.152. The summed E-state index contributed by atoms with van der Waals surface area (Å²) in [6, 6.07) is 4.97. The Bertz CT molecular complexity index is 622. The number of hydrogen-bond acceptors (Lipinski definition) is 3. The van der Waals surface area contributed by atoms with Gasteiger partial charge in [0.1, 0.15) is 5.82 Å². The molecule has 1 aromatic carbocycles. The Balaban J connectivity index is 1.39. The van der Waals surface area contributed by atoms with E-state index >= 15 is 0 Å². The number of halogens is 2. The molecule has 1 aromatic rings. The zero-order chi connectivity index (χ0) is 18.5. The molecule has 1 unspecified atom stereocenters. The summed E-state index contributed by atoms with van der Waals surface area (Å²) in [6.45, 7) is 7.24. The maximum Gasteiger partial charge on any atom is 0.282 e. The highest BCUT2D eigenvalue weighted by Gasteiger charge is 2.30. The van der Waals surface area contributed by atoms with Crippen LogP contribution < -0.4 is 0 Å². The van der Waals surface area contributed by atoms with Crippen molar-refractivity contribution in [3.05, 3.63) is 34.1 Å². The van der Waals surface area contributed by atoms with Crippen molar-refractivity contribution in [2.45, 2.75) is 44.3 Å². The highest BCUT2D eigenvalue weighted by Crippen LogP contribution is 2.30. The van der Waals surface area contributed by atoms with Crippen LogP contribution in [0.4, 0.5) is 9.18 Å². The van der Waals surface area contributed by atoms with Crippen LogP contribution in [-0.2, 0) is 6.42 Å². The van der Waals surface area contributed by atoms with Gasteiger partial charge in [-0.25, -0.2) is 4.39 Å². The first-order valence-electron chi connectivity index (χ1n) is 9.67. The Morgan fingerprint density at radius 1 is 1.27 bits per heavy atom. The number of carbonyl (C=O) groups excluding carboxylic acids is 1. The number of hydrogen-bond donors (Lipinski definition) is 0. The smallest absolute Gasteiger partial charge is 0.282 e. The standard InChI is InChI=1S/C20H28BrFN2OS/c1-2-8-24-14-18(26-20(24)25)7-11-23-9-5-15(6-10-23)12-16-13-17(22)3-4-19(16)21/h3-4,13,15,18H,2,5-12,14H2,1H3. The molecule has 26 heavy (non-hydrogen) atoms. The number of nitrogens with zero attached hydrogens (tertiary/aromatic N) is 2. The fourth-order valence-electron chi connectivity index (χ4n) is 3.93. The van der Waals surface area contributed by atoms with E-state index in [9.17, 15) is 9.18 Å². The third kappa shape index (κ3) is 5.46. The number of rotatable bonds is 7. The van der Waals surface area contributed by atoms with Crippen LogP contribution in [-0.4, -0.2) is 53.0 Å². The van der Waals surface area contributed by atoms with E-state index in [1.165, 1.54) is 30.7 Å². The number of benzene rings is 1. The second-order valence-electron chi connectivity index (χ2n) is 7.47. The Hall–Kier alpha value is -0.590. The van der Waals surface area contributed by atoms with Crippen molar-refractivity contribution in [3.8, 4) is 0 Å². The zero-order valence-corrected chi connectivity index (χ0v) is 17.8. The molecule has 3 rings (SSSR count). The monoisotopic (exact) mass is 442 g/mol. The lowest BCUT2D eigenvalue weighted by atomic mass is 9.90. The number of likely N-dealkylation sites (tertiary alicyclic amines) is 1. The lowest BCUT2D eigenvalue weighted by molar-refractivity contribution is 0.180. The number of amides is 1. The topological polar surface area (TPSA) is 23.6 Å². The second-order valence-corrected chi connectivity index (χ2v) is 9.57. The van der Waals surface area contributed by atoms with E-state index in [0.29, 0.717) is 11.2 Å². The van der Waals surface area contributed by atoms with Crippen LogP contribution in [0.15, 0.2) is 22.7 Å². The van der Waals surface area contributed by atoms with E-state index in [0.717, 1.165) is 62.0 Å². The molecule has 1 amide bonds. The van der Waals surface area contributed by atoms with Gasteiger partial charge < -0.3 is 9.80 Å².